The molecule has 2 nitrogen and oxygen atoms in total. The highest BCUT2D eigenvalue weighted by molar-refractivity contribution is 5.14. The third kappa shape index (κ3) is 3.63. The lowest BCUT2D eigenvalue weighted by molar-refractivity contribution is 0.437. The molecule has 0 aliphatic heterocycles. The van der Waals surface area contributed by atoms with Gasteiger partial charge < -0.3 is 5.73 Å². The molecule has 2 heteroatoms. The number of nitrogens with two attached hydrogens (primary N) is 1. The molecule has 0 amide bonds. The van der Waals surface area contributed by atoms with Crippen molar-refractivity contribution in [1.29, 1.82) is 0 Å². The van der Waals surface area contributed by atoms with Crippen LogP contribution in [0.4, 0.5) is 0 Å². The second-order valence-electron chi connectivity index (χ2n) is 4.26. The van der Waals surface area contributed by atoms with Crippen LogP contribution in [0.1, 0.15) is 38.4 Å². The van der Waals surface area contributed by atoms with Gasteiger partial charge in [-0.3, -0.25) is 4.98 Å². The van der Waals surface area contributed by atoms with Gasteiger partial charge in [-0.15, -0.1) is 0 Å². The Kier molecular flexibility index (Phi) is 4.76. The fourth-order valence-electron chi connectivity index (χ4n) is 1.53. The van der Waals surface area contributed by atoms with Crippen molar-refractivity contribution in [3.8, 4) is 0 Å². The van der Waals surface area contributed by atoms with Gasteiger partial charge in [0, 0.05) is 24.4 Å². The lowest BCUT2D eigenvalue weighted by Gasteiger charge is -2.17. The molecule has 0 aromatic carbocycles. The minimum absolute atomic E-state index is 0.231. The second kappa shape index (κ2) is 5.86. The van der Waals surface area contributed by atoms with E-state index in [4.69, 9.17) is 5.73 Å². The maximum Gasteiger partial charge on any atom is 0.0419 e. The molecule has 84 valence electrons. The van der Waals surface area contributed by atoms with E-state index in [1.165, 1.54) is 5.56 Å². The molecule has 0 bridgehead atoms. The van der Waals surface area contributed by atoms with Crippen molar-refractivity contribution in [2.45, 2.75) is 46.1 Å². The van der Waals surface area contributed by atoms with Gasteiger partial charge in [-0.2, -0.15) is 0 Å². The molecule has 1 heterocycles. The van der Waals surface area contributed by atoms with E-state index in [0.717, 1.165) is 25.0 Å². The number of nitrogens with zero attached hydrogens (tertiary/aromatic N) is 1. The molecule has 1 aromatic rings. The molecule has 2 unspecified atom stereocenters. The van der Waals surface area contributed by atoms with Gasteiger partial charge in [-0.1, -0.05) is 33.3 Å². The number of pyridine rings is 1. The van der Waals surface area contributed by atoms with Gasteiger partial charge in [0.25, 0.3) is 0 Å². The van der Waals surface area contributed by atoms with Gasteiger partial charge in [0.1, 0.15) is 0 Å². The van der Waals surface area contributed by atoms with Crippen LogP contribution >= 0.6 is 0 Å². The lowest BCUT2D eigenvalue weighted by atomic mass is 9.96. The van der Waals surface area contributed by atoms with Crippen LogP contribution in [-0.2, 0) is 12.8 Å². The number of rotatable bonds is 5. The topological polar surface area (TPSA) is 38.9 Å². The van der Waals surface area contributed by atoms with Gasteiger partial charge in [0.2, 0.25) is 0 Å². The summed E-state index contributed by atoms with van der Waals surface area (Å²) in [5.74, 6) is 0.567. The molecule has 0 aliphatic carbocycles. The van der Waals surface area contributed by atoms with E-state index < -0.39 is 0 Å². The Morgan fingerprint density at radius 3 is 2.53 bits per heavy atom. The Hall–Kier alpha value is -0.890. The SMILES string of the molecule is CCc1ccc(CC(N)C(C)CC)nc1. The molecule has 2 atom stereocenters. The highest BCUT2D eigenvalue weighted by atomic mass is 14.7. The zero-order valence-electron chi connectivity index (χ0n) is 10.0. The van der Waals surface area contributed by atoms with Gasteiger partial charge >= 0.3 is 0 Å². The highest BCUT2D eigenvalue weighted by Gasteiger charge is 2.11. The summed E-state index contributed by atoms with van der Waals surface area (Å²) in [7, 11) is 0. The Balaban J connectivity index is 2.57. The van der Waals surface area contributed by atoms with Gasteiger partial charge in [-0.25, -0.2) is 0 Å². The first-order valence-corrected chi connectivity index (χ1v) is 5.86. The van der Waals surface area contributed by atoms with E-state index >= 15 is 0 Å². The second-order valence-corrected chi connectivity index (χ2v) is 4.26. The average molecular weight is 206 g/mol. The van der Waals surface area contributed by atoms with E-state index in [9.17, 15) is 0 Å². The predicted octanol–water partition coefficient (Wildman–Crippen LogP) is 2.56. The maximum absolute atomic E-state index is 6.09. The number of hydrogen-bond acceptors (Lipinski definition) is 2. The van der Waals surface area contributed by atoms with Gasteiger partial charge in [0.05, 0.1) is 0 Å². The fraction of sp³-hybridized carbons (Fsp3) is 0.615. The summed E-state index contributed by atoms with van der Waals surface area (Å²) in [4.78, 5) is 4.43. The molecule has 0 spiro atoms. The smallest absolute Gasteiger partial charge is 0.0419 e. The predicted molar refractivity (Wildman–Crippen MR) is 64.7 cm³/mol. The maximum atomic E-state index is 6.09. The van der Waals surface area contributed by atoms with Gasteiger partial charge in [0.15, 0.2) is 0 Å². The third-order valence-electron chi connectivity index (χ3n) is 3.11. The summed E-state index contributed by atoms with van der Waals surface area (Å²) in [5, 5.41) is 0. The van der Waals surface area contributed by atoms with Crippen LogP contribution in [0.5, 0.6) is 0 Å². The zero-order chi connectivity index (χ0) is 11.3. The summed E-state index contributed by atoms with van der Waals surface area (Å²) in [6.07, 6.45) is 5.02. The Morgan fingerprint density at radius 1 is 1.33 bits per heavy atom. The van der Waals surface area contributed by atoms with E-state index in [-0.39, 0.29) is 6.04 Å². The fourth-order valence-corrected chi connectivity index (χ4v) is 1.53. The molecule has 1 rings (SSSR count). The van der Waals surface area contributed by atoms with Crippen LogP contribution in [0.3, 0.4) is 0 Å². The molecule has 0 radical (unpaired) electrons. The minimum Gasteiger partial charge on any atom is -0.327 e. The van der Waals surface area contributed by atoms with Crippen LogP contribution in [-0.4, -0.2) is 11.0 Å². The van der Waals surface area contributed by atoms with Crippen LogP contribution in [0.25, 0.3) is 0 Å². The van der Waals surface area contributed by atoms with E-state index in [1.807, 2.05) is 6.20 Å². The molecule has 2 N–H and O–H groups in total. The van der Waals surface area contributed by atoms with Crippen LogP contribution in [0.2, 0.25) is 0 Å². The standard InChI is InChI=1S/C13H22N2/c1-4-10(3)13(14)8-12-7-6-11(5-2)9-15-12/h6-7,9-10,13H,4-5,8,14H2,1-3H3. The van der Waals surface area contributed by atoms with Gasteiger partial charge in [-0.05, 0) is 24.0 Å². The zero-order valence-corrected chi connectivity index (χ0v) is 10.0. The quantitative estimate of drug-likeness (QED) is 0.804. The van der Waals surface area contributed by atoms with Crippen molar-refractivity contribution in [2.24, 2.45) is 11.7 Å². The van der Waals surface area contributed by atoms with Crippen molar-refractivity contribution in [3.05, 3.63) is 29.6 Å². The number of aryl methyl sites for hydroxylation is 1. The molecular formula is C13H22N2. The first-order valence-electron chi connectivity index (χ1n) is 5.86. The van der Waals surface area contributed by atoms with Crippen molar-refractivity contribution >= 4 is 0 Å². The number of aromatic nitrogens is 1. The third-order valence-corrected chi connectivity index (χ3v) is 3.11. The molecule has 0 saturated heterocycles. The molecule has 0 aliphatic rings. The molecule has 1 aromatic heterocycles. The van der Waals surface area contributed by atoms with Crippen molar-refractivity contribution in [1.82, 2.24) is 4.98 Å². The van der Waals surface area contributed by atoms with E-state index in [2.05, 4.69) is 37.9 Å². The Bertz CT molecular complexity index is 279. The molecule has 0 saturated carbocycles. The Labute approximate surface area is 92.9 Å². The molecule has 15 heavy (non-hydrogen) atoms. The number of hydrogen-bond donors (Lipinski definition) is 1. The average Bonchev–Trinajstić information content (AvgIpc) is 2.29. The summed E-state index contributed by atoms with van der Waals surface area (Å²) in [5.41, 5.74) is 8.49. The minimum atomic E-state index is 0.231. The summed E-state index contributed by atoms with van der Waals surface area (Å²) < 4.78 is 0. The van der Waals surface area contributed by atoms with Crippen LogP contribution in [0.15, 0.2) is 18.3 Å². The lowest BCUT2D eigenvalue weighted by Crippen LogP contribution is -2.30. The summed E-state index contributed by atoms with van der Waals surface area (Å²) in [6.45, 7) is 6.52. The van der Waals surface area contributed by atoms with E-state index in [1.54, 1.807) is 0 Å². The summed E-state index contributed by atoms with van der Waals surface area (Å²) >= 11 is 0. The molecule has 0 fully saturated rings. The van der Waals surface area contributed by atoms with Crippen molar-refractivity contribution in [2.75, 3.05) is 0 Å². The highest BCUT2D eigenvalue weighted by Crippen LogP contribution is 2.10. The molecular weight excluding hydrogens is 184 g/mol. The van der Waals surface area contributed by atoms with E-state index in [0.29, 0.717) is 5.92 Å². The normalized spacial score (nSPS) is 14.9. The van der Waals surface area contributed by atoms with Crippen LogP contribution < -0.4 is 5.73 Å². The Morgan fingerprint density at radius 2 is 2.07 bits per heavy atom. The van der Waals surface area contributed by atoms with Crippen LogP contribution in [0, 0.1) is 5.92 Å². The monoisotopic (exact) mass is 206 g/mol. The summed E-state index contributed by atoms with van der Waals surface area (Å²) in [6, 6.07) is 4.47. The first kappa shape index (κ1) is 12.2. The largest absolute Gasteiger partial charge is 0.327 e. The first-order chi connectivity index (χ1) is 7.17. The van der Waals surface area contributed by atoms with Crippen molar-refractivity contribution in [3.63, 3.8) is 0 Å². The van der Waals surface area contributed by atoms with Crippen molar-refractivity contribution < 1.29 is 0 Å².